The predicted octanol–water partition coefficient (Wildman–Crippen LogP) is 2.88. The standard InChI is InChI=1S/C18H21F2N3O.ClH/c1-23(2)16(17-14(19)4-3-5-15(17)20)11-22-18(24)13-8-6-12(10-21)7-9-13;/h3-9,16H,10-11,21H2,1-2H3,(H,22,24);1H. The lowest BCUT2D eigenvalue weighted by Gasteiger charge is -2.25. The molecule has 4 nitrogen and oxygen atoms in total. The van der Waals surface area contributed by atoms with Gasteiger partial charge in [0.25, 0.3) is 5.91 Å². The summed E-state index contributed by atoms with van der Waals surface area (Å²) in [6.45, 7) is 0.486. The number of carbonyl (C=O) groups is 1. The van der Waals surface area contributed by atoms with E-state index in [1.807, 2.05) is 0 Å². The molecule has 2 rings (SSSR count). The van der Waals surface area contributed by atoms with Gasteiger partial charge in [-0.1, -0.05) is 18.2 Å². The van der Waals surface area contributed by atoms with Gasteiger partial charge in [-0.05, 0) is 43.9 Å². The van der Waals surface area contributed by atoms with Gasteiger partial charge in [0.2, 0.25) is 0 Å². The molecule has 0 saturated heterocycles. The van der Waals surface area contributed by atoms with Crippen LogP contribution in [0.4, 0.5) is 8.78 Å². The van der Waals surface area contributed by atoms with E-state index >= 15 is 0 Å². The highest BCUT2D eigenvalue weighted by Crippen LogP contribution is 2.24. The number of halogens is 3. The molecule has 0 saturated carbocycles. The Morgan fingerprint density at radius 2 is 1.68 bits per heavy atom. The van der Waals surface area contributed by atoms with E-state index in [-0.39, 0.29) is 30.4 Å². The molecule has 1 amide bonds. The van der Waals surface area contributed by atoms with Gasteiger partial charge in [0.15, 0.2) is 0 Å². The van der Waals surface area contributed by atoms with Gasteiger partial charge >= 0.3 is 0 Å². The quantitative estimate of drug-likeness (QED) is 0.823. The SMILES string of the molecule is CN(C)C(CNC(=O)c1ccc(CN)cc1)c1c(F)cccc1F.Cl. The first-order chi connectivity index (χ1) is 11.4. The number of likely N-dealkylation sites (N-methyl/N-ethyl adjacent to an activating group) is 1. The second-order valence-corrected chi connectivity index (χ2v) is 5.73. The summed E-state index contributed by atoms with van der Waals surface area (Å²) < 4.78 is 28.0. The van der Waals surface area contributed by atoms with E-state index in [0.29, 0.717) is 12.1 Å². The van der Waals surface area contributed by atoms with Crippen molar-refractivity contribution in [2.75, 3.05) is 20.6 Å². The van der Waals surface area contributed by atoms with E-state index in [2.05, 4.69) is 5.32 Å². The number of amides is 1. The number of nitrogens with one attached hydrogen (secondary N) is 1. The highest BCUT2D eigenvalue weighted by atomic mass is 35.5. The molecule has 0 bridgehead atoms. The molecule has 1 atom stereocenters. The number of carbonyl (C=O) groups excluding carboxylic acids is 1. The van der Waals surface area contributed by atoms with Crippen LogP contribution in [0.25, 0.3) is 0 Å². The van der Waals surface area contributed by atoms with E-state index in [4.69, 9.17) is 5.73 Å². The molecular weight excluding hydrogens is 348 g/mol. The van der Waals surface area contributed by atoms with Crippen LogP contribution in [0.5, 0.6) is 0 Å². The molecule has 0 heterocycles. The first kappa shape index (κ1) is 21.0. The molecule has 0 aliphatic rings. The molecule has 0 radical (unpaired) electrons. The van der Waals surface area contributed by atoms with Crippen LogP contribution in [-0.2, 0) is 6.54 Å². The van der Waals surface area contributed by atoms with Crippen molar-refractivity contribution in [3.63, 3.8) is 0 Å². The lowest BCUT2D eigenvalue weighted by molar-refractivity contribution is 0.0940. The Kier molecular flexibility index (Phi) is 7.96. The summed E-state index contributed by atoms with van der Waals surface area (Å²) in [5.41, 5.74) is 6.86. The minimum absolute atomic E-state index is 0. The lowest BCUT2D eigenvalue weighted by atomic mass is 10.0. The summed E-state index contributed by atoms with van der Waals surface area (Å²) >= 11 is 0. The zero-order valence-electron chi connectivity index (χ0n) is 14.1. The van der Waals surface area contributed by atoms with Crippen LogP contribution < -0.4 is 11.1 Å². The van der Waals surface area contributed by atoms with Crippen molar-refractivity contribution >= 4 is 18.3 Å². The van der Waals surface area contributed by atoms with Gasteiger partial charge in [0.05, 0.1) is 6.04 Å². The number of benzene rings is 2. The van der Waals surface area contributed by atoms with Gasteiger partial charge in [0.1, 0.15) is 11.6 Å². The number of rotatable bonds is 6. The molecule has 3 N–H and O–H groups in total. The monoisotopic (exact) mass is 369 g/mol. The summed E-state index contributed by atoms with van der Waals surface area (Å²) in [6, 6.07) is 10.0. The van der Waals surface area contributed by atoms with Gasteiger partial charge in [-0.3, -0.25) is 4.79 Å². The van der Waals surface area contributed by atoms with Crippen molar-refractivity contribution in [2.24, 2.45) is 5.73 Å². The maximum atomic E-state index is 14.0. The maximum absolute atomic E-state index is 14.0. The normalized spacial score (nSPS) is 11.8. The fraction of sp³-hybridized carbons (Fsp3) is 0.278. The fourth-order valence-electron chi connectivity index (χ4n) is 2.46. The van der Waals surface area contributed by atoms with Crippen LogP contribution >= 0.6 is 12.4 Å². The molecule has 0 spiro atoms. The summed E-state index contributed by atoms with van der Waals surface area (Å²) in [4.78, 5) is 13.9. The molecule has 25 heavy (non-hydrogen) atoms. The van der Waals surface area contributed by atoms with Gasteiger partial charge in [-0.2, -0.15) is 0 Å². The molecule has 0 aromatic heterocycles. The van der Waals surface area contributed by atoms with Crippen molar-refractivity contribution in [3.8, 4) is 0 Å². The summed E-state index contributed by atoms with van der Waals surface area (Å²) in [5.74, 6) is -1.56. The second-order valence-electron chi connectivity index (χ2n) is 5.73. The zero-order valence-corrected chi connectivity index (χ0v) is 14.9. The van der Waals surface area contributed by atoms with Crippen LogP contribution in [0.1, 0.15) is 27.5 Å². The Bertz CT molecular complexity index is 688. The first-order valence-electron chi connectivity index (χ1n) is 7.61. The third-order valence-corrected chi connectivity index (χ3v) is 3.86. The van der Waals surface area contributed by atoms with Crippen molar-refractivity contribution in [3.05, 3.63) is 70.8 Å². The van der Waals surface area contributed by atoms with E-state index in [1.165, 1.54) is 18.2 Å². The second kappa shape index (κ2) is 9.46. The Morgan fingerprint density at radius 3 is 2.16 bits per heavy atom. The predicted molar refractivity (Wildman–Crippen MR) is 96.7 cm³/mol. The van der Waals surface area contributed by atoms with Crippen molar-refractivity contribution in [1.82, 2.24) is 10.2 Å². The van der Waals surface area contributed by atoms with E-state index < -0.39 is 17.7 Å². The Balaban J connectivity index is 0.00000312. The van der Waals surface area contributed by atoms with Gasteiger partial charge < -0.3 is 16.0 Å². The van der Waals surface area contributed by atoms with Gasteiger partial charge in [0, 0.05) is 24.2 Å². The van der Waals surface area contributed by atoms with E-state index in [9.17, 15) is 13.6 Å². The highest BCUT2D eigenvalue weighted by molar-refractivity contribution is 5.94. The van der Waals surface area contributed by atoms with E-state index in [1.54, 1.807) is 43.3 Å². The molecule has 2 aromatic rings. The van der Waals surface area contributed by atoms with Crippen molar-refractivity contribution in [1.29, 1.82) is 0 Å². The van der Waals surface area contributed by atoms with Gasteiger partial charge in [-0.15, -0.1) is 12.4 Å². The van der Waals surface area contributed by atoms with Crippen LogP contribution in [0, 0.1) is 11.6 Å². The van der Waals surface area contributed by atoms with Gasteiger partial charge in [-0.25, -0.2) is 8.78 Å². The molecule has 2 aromatic carbocycles. The smallest absolute Gasteiger partial charge is 0.251 e. The molecule has 7 heteroatoms. The number of nitrogens with two attached hydrogens (primary N) is 1. The zero-order chi connectivity index (χ0) is 17.7. The molecular formula is C18H22ClF2N3O. The highest BCUT2D eigenvalue weighted by Gasteiger charge is 2.22. The minimum Gasteiger partial charge on any atom is -0.350 e. The van der Waals surface area contributed by atoms with Crippen molar-refractivity contribution in [2.45, 2.75) is 12.6 Å². The maximum Gasteiger partial charge on any atom is 0.251 e. The average Bonchev–Trinajstić information content (AvgIpc) is 2.57. The fourth-order valence-corrected chi connectivity index (χ4v) is 2.46. The number of nitrogens with zero attached hydrogens (tertiary/aromatic N) is 1. The number of hydrogen-bond donors (Lipinski definition) is 2. The largest absolute Gasteiger partial charge is 0.350 e. The molecule has 136 valence electrons. The Hall–Kier alpha value is -2.02. The topological polar surface area (TPSA) is 58.4 Å². The van der Waals surface area contributed by atoms with E-state index in [0.717, 1.165) is 5.56 Å². The third-order valence-electron chi connectivity index (χ3n) is 3.86. The summed E-state index contributed by atoms with van der Waals surface area (Å²) in [6.07, 6.45) is 0. The lowest BCUT2D eigenvalue weighted by Crippen LogP contribution is -2.35. The Morgan fingerprint density at radius 1 is 1.12 bits per heavy atom. The van der Waals surface area contributed by atoms with Crippen LogP contribution in [0.2, 0.25) is 0 Å². The Labute approximate surface area is 152 Å². The average molecular weight is 370 g/mol. The van der Waals surface area contributed by atoms with Crippen LogP contribution in [-0.4, -0.2) is 31.4 Å². The molecule has 0 fully saturated rings. The first-order valence-corrected chi connectivity index (χ1v) is 7.61. The summed E-state index contributed by atoms with van der Waals surface area (Å²) in [7, 11) is 3.41. The van der Waals surface area contributed by atoms with Crippen LogP contribution in [0.3, 0.4) is 0 Å². The molecule has 0 aliphatic carbocycles. The number of hydrogen-bond acceptors (Lipinski definition) is 3. The third kappa shape index (κ3) is 5.22. The molecule has 0 aliphatic heterocycles. The van der Waals surface area contributed by atoms with Crippen molar-refractivity contribution < 1.29 is 13.6 Å². The molecule has 1 unspecified atom stereocenters. The summed E-state index contributed by atoms with van der Waals surface area (Å²) in [5, 5.41) is 2.73. The van der Waals surface area contributed by atoms with Crippen LogP contribution in [0.15, 0.2) is 42.5 Å². The minimum atomic E-state index is -0.629.